The third kappa shape index (κ3) is 6.06. The monoisotopic (exact) mass is 455 g/mol. The number of likely N-dealkylation sites (N-methyl/N-ethyl adjacent to an activating group) is 2. The predicted octanol–water partition coefficient (Wildman–Crippen LogP) is 4.47. The van der Waals surface area contributed by atoms with Crippen LogP contribution >= 0.6 is 11.6 Å². The summed E-state index contributed by atoms with van der Waals surface area (Å²) in [7, 11) is 3.09. The number of methoxy groups -OCH3 is 1. The van der Waals surface area contributed by atoms with Crippen LogP contribution in [-0.4, -0.2) is 65.3 Å². The van der Waals surface area contributed by atoms with E-state index in [4.69, 9.17) is 21.1 Å². The summed E-state index contributed by atoms with van der Waals surface area (Å²) < 4.78 is 25.4. The van der Waals surface area contributed by atoms with Crippen LogP contribution in [0.15, 0.2) is 0 Å². The van der Waals surface area contributed by atoms with E-state index in [2.05, 4.69) is 15.0 Å². The van der Waals surface area contributed by atoms with Gasteiger partial charge in [-0.1, -0.05) is 24.9 Å². The van der Waals surface area contributed by atoms with E-state index in [0.717, 1.165) is 6.42 Å². The minimum atomic E-state index is -0.708. The first-order valence-electron chi connectivity index (χ1n) is 10.3. The Balaban J connectivity index is 2.46. The Morgan fingerprint density at radius 1 is 1.16 bits per heavy atom. The molecule has 2 aromatic heterocycles. The molecule has 1 amide bonds. The van der Waals surface area contributed by atoms with Gasteiger partial charge in [0, 0.05) is 26.7 Å². The number of carbonyl (C=O) groups is 1. The second-order valence-corrected chi connectivity index (χ2v) is 8.51. The van der Waals surface area contributed by atoms with Crippen LogP contribution in [-0.2, 0) is 11.2 Å². The van der Waals surface area contributed by atoms with Gasteiger partial charge >= 0.3 is 12.1 Å². The van der Waals surface area contributed by atoms with Crippen molar-refractivity contribution in [2.45, 2.75) is 53.1 Å². The minimum Gasteiger partial charge on any atom is -0.467 e. The molecule has 0 atom stereocenters. The van der Waals surface area contributed by atoms with E-state index in [1.54, 1.807) is 7.05 Å². The quantitative estimate of drug-likeness (QED) is 0.543. The van der Waals surface area contributed by atoms with E-state index in [0.29, 0.717) is 43.0 Å². The summed E-state index contributed by atoms with van der Waals surface area (Å²) in [4.78, 5) is 28.7. The lowest BCUT2D eigenvalue weighted by Crippen LogP contribution is -2.39. The van der Waals surface area contributed by atoms with E-state index in [-0.39, 0.29) is 16.7 Å². The molecule has 2 aromatic rings. The van der Waals surface area contributed by atoms with Crippen molar-refractivity contribution in [3.8, 4) is 6.01 Å². The van der Waals surface area contributed by atoms with Gasteiger partial charge in [-0.15, -0.1) is 0 Å². The summed E-state index contributed by atoms with van der Waals surface area (Å²) in [6.07, 6.45) is 0.970. The third-order valence-electron chi connectivity index (χ3n) is 4.54. The van der Waals surface area contributed by atoms with Crippen molar-refractivity contribution in [1.82, 2.24) is 19.9 Å². The van der Waals surface area contributed by atoms with Crippen molar-refractivity contribution in [3.05, 3.63) is 16.7 Å². The number of fused-ring (bicyclic) bond motifs is 1. The molecular weight excluding hydrogens is 425 g/mol. The van der Waals surface area contributed by atoms with Crippen molar-refractivity contribution in [2.24, 2.45) is 0 Å². The highest BCUT2D eigenvalue weighted by atomic mass is 35.5. The molecule has 0 radical (unpaired) electrons. The number of hydrogen-bond donors (Lipinski definition) is 0. The summed E-state index contributed by atoms with van der Waals surface area (Å²) in [5.41, 5.74) is 0.119. The molecule has 0 fully saturated rings. The molecule has 172 valence electrons. The smallest absolute Gasteiger partial charge is 0.410 e. The van der Waals surface area contributed by atoms with Gasteiger partial charge in [-0.3, -0.25) is 0 Å². The summed E-state index contributed by atoms with van der Waals surface area (Å²) in [5, 5.41) is 0.279. The predicted molar refractivity (Wildman–Crippen MR) is 120 cm³/mol. The van der Waals surface area contributed by atoms with Gasteiger partial charge in [-0.05, 0) is 34.1 Å². The number of amides is 1. The van der Waals surface area contributed by atoms with Crippen LogP contribution in [0.3, 0.4) is 0 Å². The van der Waals surface area contributed by atoms with E-state index >= 15 is 0 Å². The Bertz CT molecular complexity index is 936. The largest absolute Gasteiger partial charge is 0.467 e. The first-order valence-corrected chi connectivity index (χ1v) is 10.7. The zero-order chi connectivity index (χ0) is 23.3. The van der Waals surface area contributed by atoms with Crippen LogP contribution in [0.25, 0.3) is 10.9 Å². The fourth-order valence-electron chi connectivity index (χ4n) is 3.03. The molecule has 0 aliphatic heterocycles. The number of pyridine rings is 1. The number of aromatic nitrogens is 3. The second kappa shape index (κ2) is 10.3. The van der Waals surface area contributed by atoms with Crippen molar-refractivity contribution < 1.29 is 18.7 Å². The Labute approximate surface area is 187 Å². The molecule has 0 N–H and O–H groups in total. The third-order valence-corrected chi connectivity index (χ3v) is 4.79. The highest BCUT2D eigenvalue weighted by Crippen LogP contribution is 2.33. The van der Waals surface area contributed by atoms with E-state index in [1.807, 2.05) is 39.5 Å². The number of ether oxygens (including phenoxy) is 2. The van der Waals surface area contributed by atoms with Crippen LogP contribution < -0.4 is 9.64 Å². The van der Waals surface area contributed by atoms with Gasteiger partial charge in [0.05, 0.1) is 18.2 Å². The standard InChI is InChI=1S/C21H31ClFN5O3/c1-8-10-13-14-16(15(23)17(22)24-13)25-19(30-7)26-18(14)28(9-2)12-11-27(6)20(29)31-21(3,4)5/h8-12H2,1-7H3. The number of aryl methyl sites for hydroxylation is 1. The fourth-order valence-corrected chi connectivity index (χ4v) is 3.22. The molecule has 0 aromatic carbocycles. The highest BCUT2D eigenvalue weighted by molar-refractivity contribution is 6.30. The van der Waals surface area contributed by atoms with Gasteiger partial charge in [0.2, 0.25) is 0 Å². The van der Waals surface area contributed by atoms with Gasteiger partial charge in [0.15, 0.2) is 11.0 Å². The number of hydrogen-bond acceptors (Lipinski definition) is 7. The molecule has 0 aliphatic carbocycles. The normalized spacial score (nSPS) is 11.5. The SMILES string of the molecule is CCCc1nc(Cl)c(F)c2nc(OC)nc(N(CC)CCN(C)C(=O)OC(C)(C)C)c12. The number of rotatable bonds is 8. The van der Waals surface area contributed by atoms with Crippen molar-refractivity contribution >= 4 is 34.4 Å². The lowest BCUT2D eigenvalue weighted by molar-refractivity contribution is 0.0303. The number of nitrogens with zero attached hydrogens (tertiary/aromatic N) is 5. The van der Waals surface area contributed by atoms with Gasteiger partial charge in [0.1, 0.15) is 16.9 Å². The lowest BCUT2D eigenvalue weighted by atomic mass is 10.1. The first kappa shape index (κ1) is 24.8. The molecule has 0 saturated heterocycles. The lowest BCUT2D eigenvalue weighted by Gasteiger charge is -2.28. The minimum absolute atomic E-state index is 0.0325. The molecule has 2 rings (SSSR count). The Hall–Kier alpha value is -2.42. The summed E-state index contributed by atoms with van der Waals surface area (Å²) >= 11 is 6.02. The van der Waals surface area contributed by atoms with Crippen LogP contribution in [0, 0.1) is 5.82 Å². The van der Waals surface area contributed by atoms with Crippen molar-refractivity contribution in [2.75, 3.05) is 38.7 Å². The summed E-state index contributed by atoms with van der Waals surface area (Å²) in [5.74, 6) is -0.214. The molecule has 31 heavy (non-hydrogen) atoms. The van der Waals surface area contributed by atoms with Crippen LogP contribution in [0.5, 0.6) is 6.01 Å². The molecule has 0 unspecified atom stereocenters. The molecule has 0 spiro atoms. The zero-order valence-electron chi connectivity index (χ0n) is 19.3. The van der Waals surface area contributed by atoms with Gasteiger partial charge in [0.25, 0.3) is 0 Å². The Morgan fingerprint density at radius 3 is 2.39 bits per heavy atom. The second-order valence-electron chi connectivity index (χ2n) is 8.15. The first-order chi connectivity index (χ1) is 14.5. The number of halogens is 2. The molecular formula is C21H31ClFN5O3. The molecule has 10 heteroatoms. The Morgan fingerprint density at radius 2 is 1.84 bits per heavy atom. The number of anilines is 1. The molecule has 8 nitrogen and oxygen atoms in total. The molecule has 0 aliphatic rings. The molecule has 0 saturated carbocycles. The average Bonchev–Trinajstić information content (AvgIpc) is 2.70. The maximum Gasteiger partial charge on any atom is 0.410 e. The maximum atomic E-state index is 14.8. The Kier molecular flexibility index (Phi) is 8.22. The topological polar surface area (TPSA) is 80.7 Å². The van der Waals surface area contributed by atoms with Crippen LogP contribution in [0.1, 0.15) is 46.7 Å². The molecule has 0 bridgehead atoms. The summed E-state index contributed by atoms with van der Waals surface area (Å²) in [6.45, 7) is 10.8. The van der Waals surface area contributed by atoms with E-state index < -0.39 is 17.5 Å². The summed E-state index contributed by atoms with van der Waals surface area (Å²) in [6, 6.07) is 0.0325. The average molecular weight is 456 g/mol. The van der Waals surface area contributed by atoms with Crippen LogP contribution in [0.2, 0.25) is 5.15 Å². The van der Waals surface area contributed by atoms with Gasteiger partial charge in [-0.2, -0.15) is 9.97 Å². The van der Waals surface area contributed by atoms with Gasteiger partial charge in [-0.25, -0.2) is 14.2 Å². The van der Waals surface area contributed by atoms with Crippen molar-refractivity contribution in [3.63, 3.8) is 0 Å². The maximum absolute atomic E-state index is 14.8. The fraction of sp³-hybridized carbons (Fsp3) is 0.619. The zero-order valence-corrected chi connectivity index (χ0v) is 20.0. The molecule has 2 heterocycles. The highest BCUT2D eigenvalue weighted by Gasteiger charge is 2.24. The van der Waals surface area contributed by atoms with E-state index in [1.165, 1.54) is 12.0 Å². The van der Waals surface area contributed by atoms with E-state index in [9.17, 15) is 9.18 Å². The van der Waals surface area contributed by atoms with Crippen LogP contribution in [0.4, 0.5) is 15.0 Å². The van der Waals surface area contributed by atoms with Gasteiger partial charge < -0.3 is 19.3 Å². The number of carbonyl (C=O) groups excluding carboxylic acids is 1. The van der Waals surface area contributed by atoms with Crippen molar-refractivity contribution in [1.29, 1.82) is 0 Å².